The molecule has 1 unspecified atom stereocenters. The topological polar surface area (TPSA) is 60.7 Å². The Balaban J connectivity index is 2.16. The minimum atomic E-state index is -0.509. The molecule has 1 aromatic heterocycles. The third-order valence-corrected chi connectivity index (χ3v) is 5.50. The van der Waals surface area contributed by atoms with Crippen molar-refractivity contribution in [2.75, 3.05) is 6.61 Å². The van der Waals surface area contributed by atoms with Gasteiger partial charge in [0.05, 0.1) is 16.8 Å². The van der Waals surface area contributed by atoms with Crippen LogP contribution in [-0.2, 0) is 9.53 Å². The van der Waals surface area contributed by atoms with Crippen molar-refractivity contribution in [3.05, 3.63) is 64.5 Å². The summed E-state index contributed by atoms with van der Waals surface area (Å²) in [7, 11) is 0. The van der Waals surface area contributed by atoms with E-state index in [4.69, 9.17) is 4.74 Å². The maximum absolute atomic E-state index is 12.7. The Hall–Kier alpha value is -2.73. The second kappa shape index (κ2) is 8.97. The van der Waals surface area contributed by atoms with E-state index >= 15 is 0 Å². The number of amides is 1. The molecule has 2 aromatic carbocycles. The highest BCUT2D eigenvalue weighted by atomic mass is 32.1. The van der Waals surface area contributed by atoms with Crippen LogP contribution in [0.2, 0.25) is 0 Å². The van der Waals surface area contributed by atoms with Crippen molar-refractivity contribution in [1.82, 2.24) is 4.57 Å². The molecular weight excluding hydrogens is 372 g/mol. The van der Waals surface area contributed by atoms with E-state index in [9.17, 15) is 9.59 Å². The van der Waals surface area contributed by atoms with Crippen LogP contribution in [0.4, 0.5) is 0 Å². The van der Waals surface area contributed by atoms with E-state index in [1.54, 1.807) is 19.1 Å². The SMILES string of the molecule is CCCC(C(=O)OCC)n1c(=NC(=O)c2ccc(C)cc2)sc2ccccc21. The molecule has 6 heteroatoms. The maximum Gasteiger partial charge on any atom is 0.329 e. The largest absolute Gasteiger partial charge is 0.464 e. The fourth-order valence-electron chi connectivity index (χ4n) is 3.08. The van der Waals surface area contributed by atoms with Crippen LogP contribution in [0.3, 0.4) is 0 Å². The van der Waals surface area contributed by atoms with Crippen molar-refractivity contribution < 1.29 is 14.3 Å². The molecular formula is C22H24N2O3S. The van der Waals surface area contributed by atoms with Crippen molar-refractivity contribution >= 4 is 33.4 Å². The fourth-order valence-corrected chi connectivity index (χ4v) is 4.15. The molecule has 0 aliphatic heterocycles. The van der Waals surface area contributed by atoms with Gasteiger partial charge in [-0.3, -0.25) is 4.79 Å². The molecule has 5 nitrogen and oxygen atoms in total. The van der Waals surface area contributed by atoms with Crippen molar-refractivity contribution in [2.24, 2.45) is 4.99 Å². The Morgan fingerprint density at radius 1 is 1.11 bits per heavy atom. The molecule has 146 valence electrons. The van der Waals surface area contributed by atoms with Crippen LogP contribution >= 0.6 is 11.3 Å². The summed E-state index contributed by atoms with van der Waals surface area (Å²) in [5.74, 6) is -0.614. The zero-order valence-corrected chi connectivity index (χ0v) is 17.2. The quantitative estimate of drug-likeness (QED) is 0.570. The van der Waals surface area contributed by atoms with Gasteiger partial charge in [-0.2, -0.15) is 4.99 Å². The number of para-hydroxylation sites is 1. The van der Waals surface area contributed by atoms with Crippen molar-refractivity contribution in [1.29, 1.82) is 0 Å². The van der Waals surface area contributed by atoms with Gasteiger partial charge in [0.15, 0.2) is 4.80 Å². The number of esters is 1. The minimum absolute atomic E-state index is 0.294. The average molecular weight is 397 g/mol. The first-order valence-electron chi connectivity index (χ1n) is 9.47. The van der Waals surface area contributed by atoms with Crippen molar-refractivity contribution in [3.63, 3.8) is 0 Å². The molecule has 0 saturated carbocycles. The number of thiazole rings is 1. The third-order valence-electron chi connectivity index (χ3n) is 4.46. The van der Waals surface area contributed by atoms with Crippen LogP contribution in [0.15, 0.2) is 53.5 Å². The van der Waals surface area contributed by atoms with E-state index in [1.807, 2.05) is 54.8 Å². The van der Waals surface area contributed by atoms with E-state index in [1.165, 1.54) is 11.3 Å². The molecule has 0 spiro atoms. The fraction of sp³-hybridized carbons (Fsp3) is 0.318. The molecule has 0 N–H and O–H groups in total. The first kappa shape index (κ1) is 20.0. The van der Waals surface area contributed by atoms with E-state index in [2.05, 4.69) is 4.99 Å². The van der Waals surface area contributed by atoms with Crippen LogP contribution in [0.25, 0.3) is 10.2 Å². The maximum atomic E-state index is 12.7. The molecule has 0 aliphatic rings. The predicted octanol–water partition coefficient (Wildman–Crippen LogP) is 4.66. The van der Waals surface area contributed by atoms with Gasteiger partial charge in [0.2, 0.25) is 0 Å². The lowest BCUT2D eigenvalue weighted by molar-refractivity contribution is -0.147. The summed E-state index contributed by atoms with van der Waals surface area (Å²) in [5.41, 5.74) is 2.49. The third kappa shape index (κ3) is 4.22. The monoisotopic (exact) mass is 396 g/mol. The molecule has 1 amide bonds. The molecule has 3 rings (SSSR count). The van der Waals surface area contributed by atoms with Gasteiger partial charge >= 0.3 is 5.97 Å². The van der Waals surface area contributed by atoms with E-state index in [0.29, 0.717) is 23.4 Å². The highest BCUT2D eigenvalue weighted by Crippen LogP contribution is 2.24. The molecule has 28 heavy (non-hydrogen) atoms. The number of rotatable bonds is 6. The Morgan fingerprint density at radius 3 is 2.50 bits per heavy atom. The second-order valence-electron chi connectivity index (χ2n) is 6.56. The average Bonchev–Trinajstić information content (AvgIpc) is 3.04. The summed E-state index contributed by atoms with van der Waals surface area (Å²) in [6.07, 6.45) is 1.43. The summed E-state index contributed by atoms with van der Waals surface area (Å²) < 4.78 is 8.14. The number of carbonyl (C=O) groups is 2. The number of carbonyl (C=O) groups excluding carboxylic acids is 2. The first-order valence-corrected chi connectivity index (χ1v) is 10.3. The number of aromatic nitrogens is 1. The van der Waals surface area contributed by atoms with Crippen LogP contribution in [-0.4, -0.2) is 23.1 Å². The standard InChI is InChI=1S/C22H24N2O3S/c1-4-8-18(21(26)27-5-2)24-17-9-6-7-10-19(17)28-22(24)23-20(25)16-13-11-15(3)12-14-16/h6-7,9-14,18H,4-5,8H2,1-3H3. The minimum Gasteiger partial charge on any atom is -0.464 e. The normalized spacial score (nSPS) is 12.9. The van der Waals surface area contributed by atoms with Crippen molar-refractivity contribution in [3.8, 4) is 0 Å². The van der Waals surface area contributed by atoms with Crippen LogP contribution in [0, 0.1) is 6.92 Å². The Bertz CT molecular complexity index is 1050. The number of ether oxygens (including phenoxy) is 1. The zero-order chi connectivity index (χ0) is 20.1. The molecule has 3 aromatic rings. The lowest BCUT2D eigenvalue weighted by Crippen LogP contribution is -2.29. The highest BCUT2D eigenvalue weighted by Gasteiger charge is 2.24. The highest BCUT2D eigenvalue weighted by molar-refractivity contribution is 7.16. The molecule has 1 atom stereocenters. The van der Waals surface area contributed by atoms with Gasteiger partial charge < -0.3 is 9.30 Å². The van der Waals surface area contributed by atoms with Crippen molar-refractivity contribution in [2.45, 2.75) is 39.7 Å². The van der Waals surface area contributed by atoms with E-state index in [0.717, 1.165) is 22.2 Å². The first-order chi connectivity index (χ1) is 13.5. The number of benzene rings is 2. The molecule has 0 bridgehead atoms. The molecule has 0 radical (unpaired) electrons. The van der Waals surface area contributed by atoms with Gasteiger partial charge in [-0.05, 0) is 44.5 Å². The van der Waals surface area contributed by atoms with E-state index < -0.39 is 6.04 Å². The Morgan fingerprint density at radius 2 is 1.82 bits per heavy atom. The zero-order valence-electron chi connectivity index (χ0n) is 16.3. The summed E-state index contributed by atoms with van der Waals surface area (Å²) >= 11 is 1.41. The smallest absolute Gasteiger partial charge is 0.329 e. The molecule has 1 heterocycles. The Kier molecular flexibility index (Phi) is 6.41. The van der Waals surface area contributed by atoms with Crippen LogP contribution < -0.4 is 4.80 Å². The molecule has 0 saturated heterocycles. The predicted molar refractivity (Wildman–Crippen MR) is 111 cm³/mol. The summed E-state index contributed by atoms with van der Waals surface area (Å²) in [4.78, 5) is 30.3. The molecule has 0 fully saturated rings. The van der Waals surface area contributed by atoms with Crippen LogP contribution in [0.1, 0.15) is 48.7 Å². The number of fused-ring (bicyclic) bond motifs is 1. The second-order valence-corrected chi connectivity index (χ2v) is 7.57. The number of hydrogen-bond donors (Lipinski definition) is 0. The van der Waals surface area contributed by atoms with Gasteiger partial charge in [-0.15, -0.1) is 0 Å². The van der Waals surface area contributed by atoms with Gasteiger partial charge in [0.25, 0.3) is 5.91 Å². The molecule has 0 aliphatic carbocycles. The summed E-state index contributed by atoms with van der Waals surface area (Å²) in [6, 6.07) is 14.6. The van der Waals surface area contributed by atoms with Gasteiger partial charge in [-0.1, -0.05) is 54.5 Å². The van der Waals surface area contributed by atoms with Gasteiger partial charge in [-0.25, -0.2) is 4.79 Å². The van der Waals surface area contributed by atoms with Gasteiger partial charge in [0, 0.05) is 5.56 Å². The number of hydrogen-bond acceptors (Lipinski definition) is 4. The van der Waals surface area contributed by atoms with Crippen LogP contribution in [0.5, 0.6) is 0 Å². The lowest BCUT2D eigenvalue weighted by Gasteiger charge is -2.17. The summed E-state index contributed by atoms with van der Waals surface area (Å²) in [6.45, 7) is 6.11. The number of aryl methyl sites for hydroxylation is 1. The summed E-state index contributed by atoms with van der Waals surface area (Å²) in [5, 5.41) is 0. The van der Waals surface area contributed by atoms with E-state index in [-0.39, 0.29) is 11.9 Å². The Labute approximate surface area is 168 Å². The lowest BCUT2D eigenvalue weighted by atomic mass is 10.1. The van der Waals surface area contributed by atoms with Gasteiger partial charge in [0.1, 0.15) is 6.04 Å². The number of nitrogens with zero attached hydrogens (tertiary/aromatic N) is 2.